The third-order valence-corrected chi connectivity index (χ3v) is 6.54. The average molecular weight is 499 g/mol. The number of amides is 2. The number of alkyl halides is 3. The molecule has 3 atom stereocenters. The number of carbonyl (C=O) groups excluding carboxylic acids is 1. The Balaban J connectivity index is 1.46. The molecule has 2 amide bonds. The van der Waals surface area contributed by atoms with Gasteiger partial charge in [0.25, 0.3) is 0 Å². The van der Waals surface area contributed by atoms with Crippen LogP contribution >= 0.6 is 11.6 Å². The van der Waals surface area contributed by atoms with Gasteiger partial charge in [-0.05, 0) is 37.3 Å². The van der Waals surface area contributed by atoms with Gasteiger partial charge in [0.05, 0.1) is 23.0 Å². The van der Waals surface area contributed by atoms with Crippen LogP contribution in [0.1, 0.15) is 31.7 Å². The molecule has 1 saturated carbocycles. The summed E-state index contributed by atoms with van der Waals surface area (Å²) in [6.45, 7) is 2.57. The summed E-state index contributed by atoms with van der Waals surface area (Å²) in [5.74, 6) is -0.848. The van der Waals surface area contributed by atoms with E-state index in [1.807, 2.05) is 0 Å². The van der Waals surface area contributed by atoms with Gasteiger partial charge < -0.3 is 14.8 Å². The van der Waals surface area contributed by atoms with Crippen LogP contribution < -0.4 is 5.32 Å². The van der Waals surface area contributed by atoms with E-state index in [1.165, 1.54) is 0 Å². The average Bonchev–Trinajstić information content (AvgIpc) is 3.39. The van der Waals surface area contributed by atoms with Gasteiger partial charge in [0.1, 0.15) is 24.2 Å². The number of carbonyl (C=O) groups is 1. The Bertz CT molecular complexity index is 1230. The van der Waals surface area contributed by atoms with E-state index in [4.69, 9.17) is 11.6 Å². The molecule has 180 valence electrons. The number of nitrogens with zero attached hydrogens (tertiary/aromatic N) is 7. The van der Waals surface area contributed by atoms with E-state index in [1.54, 1.807) is 22.1 Å². The van der Waals surface area contributed by atoms with Gasteiger partial charge in [-0.2, -0.15) is 18.3 Å². The number of anilines is 1. The van der Waals surface area contributed by atoms with Crippen molar-refractivity contribution in [2.75, 3.05) is 5.32 Å². The summed E-state index contributed by atoms with van der Waals surface area (Å²) < 4.78 is 57.2. The normalized spacial score (nSPS) is 24.1. The molecule has 3 aromatic rings. The number of fused-ring (bicyclic) bond motifs is 2. The first-order valence-electron chi connectivity index (χ1n) is 10.5. The van der Waals surface area contributed by atoms with Crippen LogP contribution in [0.25, 0.3) is 5.69 Å². The predicted molar refractivity (Wildman–Crippen MR) is 112 cm³/mol. The number of aromatic nitrogens is 6. The molecule has 1 unspecified atom stereocenters. The molecule has 2 bridgehead atoms. The molecular weight excluding hydrogens is 480 g/mol. The topological polar surface area (TPSA) is 93.8 Å². The van der Waals surface area contributed by atoms with E-state index in [-0.39, 0.29) is 11.2 Å². The molecule has 2 aliphatic heterocycles. The van der Waals surface area contributed by atoms with Crippen LogP contribution in [0.5, 0.6) is 0 Å². The molecule has 1 aromatic carbocycles. The van der Waals surface area contributed by atoms with Gasteiger partial charge in [-0.25, -0.2) is 9.18 Å². The number of benzene rings is 1. The molecule has 6 rings (SSSR count). The smallest absolute Gasteiger partial charge is 0.318 e. The summed E-state index contributed by atoms with van der Waals surface area (Å²) in [4.78, 5) is 15.6. The molecule has 34 heavy (non-hydrogen) atoms. The second kappa shape index (κ2) is 7.93. The molecule has 1 aliphatic carbocycles. The van der Waals surface area contributed by atoms with Crippen LogP contribution in [-0.2, 0) is 12.7 Å². The largest absolute Gasteiger partial charge is 0.418 e. The Morgan fingerprint density at radius 3 is 2.65 bits per heavy atom. The lowest BCUT2D eigenvalue weighted by atomic mass is 9.64. The van der Waals surface area contributed by atoms with E-state index in [9.17, 15) is 22.4 Å². The minimum atomic E-state index is -4.88. The van der Waals surface area contributed by atoms with Gasteiger partial charge >= 0.3 is 12.2 Å². The first kappa shape index (κ1) is 22.6. The maximum absolute atomic E-state index is 14.7. The van der Waals surface area contributed by atoms with E-state index in [0.29, 0.717) is 23.3 Å². The standard InChI is InChI=1S/C20H19ClF4N8O/c1-11-2-12-6-19(5-11,8-31-9-26-27-10-31)32(12)18(34)29-15-4-16(33-28-7-17(21)30-33)13(3-14(15)22)20(23,24)25/h3-4,7,9-12H,2,5-6,8H2,1H3,(H,29,34)/t11-,12?,19-/m0/s1. The lowest BCUT2D eigenvalue weighted by molar-refractivity contribution is -0.137. The highest BCUT2D eigenvalue weighted by Crippen LogP contribution is 2.51. The number of urea groups is 1. The van der Waals surface area contributed by atoms with Crippen molar-refractivity contribution in [3.63, 3.8) is 0 Å². The molecule has 3 aliphatic rings. The van der Waals surface area contributed by atoms with Gasteiger partial charge in [0.2, 0.25) is 0 Å². The second-order valence-electron chi connectivity index (χ2n) is 8.87. The van der Waals surface area contributed by atoms with Crippen molar-refractivity contribution in [1.82, 2.24) is 34.7 Å². The summed E-state index contributed by atoms with van der Waals surface area (Å²) in [7, 11) is 0. The second-order valence-corrected chi connectivity index (χ2v) is 9.25. The minimum absolute atomic E-state index is 0.0520. The number of hydrogen-bond acceptors (Lipinski definition) is 5. The highest BCUT2D eigenvalue weighted by Gasteiger charge is 2.58. The molecule has 14 heteroatoms. The van der Waals surface area contributed by atoms with Crippen LogP contribution in [0.2, 0.25) is 5.15 Å². The number of rotatable bonds is 4. The van der Waals surface area contributed by atoms with Gasteiger partial charge in [0, 0.05) is 12.6 Å². The molecule has 3 fully saturated rings. The van der Waals surface area contributed by atoms with Crippen molar-refractivity contribution in [2.45, 2.75) is 50.5 Å². The third kappa shape index (κ3) is 3.87. The van der Waals surface area contributed by atoms with Gasteiger partial charge in [0.15, 0.2) is 5.15 Å². The molecule has 9 nitrogen and oxygen atoms in total. The molecule has 2 aromatic heterocycles. The number of halogens is 5. The highest BCUT2D eigenvalue weighted by atomic mass is 35.5. The van der Waals surface area contributed by atoms with Crippen molar-refractivity contribution >= 4 is 23.3 Å². The molecule has 4 heterocycles. The van der Waals surface area contributed by atoms with Crippen molar-refractivity contribution < 1.29 is 22.4 Å². The Morgan fingerprint density at radius 1 is 1.26 bits per heavy atom. The molecule has 0 radical (unpaired) electrons. The number of hydrogen-bond donors (Lipinski definition) is 1. The first-order valence-corrected chi connectivity index (χ1v) is 10.9. The Hall–Kier alpha value is -3.22. The van der Waals surface area contributed by atoms with Crippen molar-refractivity contribution in [3.05, 3.63) is 47.5 Å². The Morgan fingerprint density at radius 2 is 2.00 bits per heavy atom. The lowest BCUT2D eigenvalue weighted by Gasteiger charge is -2.63. The number of nitrogens with one attached hydrogen (secondary N) is 1. The summed E-state index contributed by atoms with van der Waals surface area (Å²) in [6, 6.07) is 0.529. The van der Waals surface area contributed by atoms with E-state index in [0.717, 1.165) is 31.5 Å². The fourth-order valence-electron chi connectivity index (χ4n) is 5.29. The molecular formula is C20H19ClF4N8O. The Kier molecular flexibility index (Phi) is 5.26. The fraction of sp³-hybridized carbons (Fsp3) is 0.450. The zero-order chi connectivity index (χ0) is 24.3. The predicted octanol–water partition coefficient (Wildman–Crippen LogP) is 4.15. The zero-order valence-corrected chi connectivity index (χ0v) is 18.6. The van der Waals surface area contributed by atoms with Crippen LogP contribution in [0.4, 0.5) is 28.0 Å². The van der Waals surface area contributed by atoms with Gasteiger partial charge in [-0.3, -0.25) is 0 Å². The van der Waals surface area contributed by atoms with Crippen molar-refractivity contribution in [3.8, 4) is 5.69 Å². The van der Waals surface area contributed by atoms with Crippen LogP contribution in [0.15, 0.2) is 31.0 Å². The maximum Gasteiger partial charge on any atom is 0.418 e. The highest BCUT2D eigenvalue weighted by molar-refractivity contribution is 6.29. The fourth-order valence-corrected chi connectivity index (χ4v) is 5.40. The maximum atomic E-state index is 14.7. The van der Waals surface area contributed by atoms with Gasteiger partial charge in [-0.1, -0.05) is 18.5 Å². The summed E-state index contributed by atoms with van der Waals surface area (Å²) in [6.07, 6.45) is 1.56. The van der Waals surface area contributed by atoms with Gasteiger partial charge in [-0.15, -0.1) is 20.1 Å². The van der Waals surface area contributed by atoms with E-state index < -0.39 is 40.5 Å². The van der Waals surface area contributed by atoms with Crippen molar-refractivity contribution in [1.29, 1.82) is 0 Å². The number of piperidine rings is 1. The molecule has 2 saturated heterocycles. The minimum Gasteiger partial charge on any atom is -0.318 e. The summed E-state index contributed by atoms with van der Waals surface area (Å²) >= 11 is 5.70. The molecule has 0 spiro atoms. The quantitative estimate of drug-likeness (QED) is 0.546. The van der Waals surface area contributed by atoms with Crippen LogP contribution in [0, 0.1) is 11.7 Å². The van der Waals surface area contributed by atoms with Crippen molar-refractivity contribution in [2.24, 2.45) is 5.92 Å². The zero-order valence-electron chi connectivity index (χ0n) is 17.8. The monoisotopic (exact) mass is 498 g/mol. The summed E-state index contributed by atoms with van der Waals surface area (Å²) in [5, 5.41) is 17.3. The summed E-state index contributed by atoms with van der Waals surface area (Å²) in [5.41, 5.74) is -2.79. The van der Waals surface area contributed by atoms with E-state index in [2.05, 4.69) is 32.6 Å². The lowest BCUT2D eigenvalue weighted by Crippen LogP contribution is -2.73. The first-order chi connectivity index (χ1) is 16.1. The Labute approximate surface area is 195 Å². The van der Waals surface area contributed by atoms with Crippen LogP contribution in [-0.4, -0.2) is 52.3 Å². The van der Waals surface area contributed by atoms with Crippen LogP contribution in [0.3, 0.4) is 0 Å². The molecule has 1 N–H and O–H groups in total. The SMILES string of the molecule is C[C@H]1CC2C[C@](Cn3cnnc3)(C1)N2C(=O)Nc1cc(-n2ncc(Cl)n2)c(C(F)(F)F)cc1F. The van der Waals surface area contributed by atoms with E-state index >= 15 is 0 Å². The third-order valence-electron chi connectivity index (χ3n) is 6.37.